The summed E-state index contributed by atoms with van der Waals surface area (Å²) in [6, 6.07) is 0.504. The molecule has 3 nitrogen and oxygen atoms in total. The van der Waals surface area contributed by atoms with E-state index in [2.05, 4.69) is 24.0 Å². The number of nitrogens with zero attached hydrogens (tertiary/aromatic N) is 1. The number of rotatable bonds is 3. The smallest absolute Gasteiger partial charge is 0.104 e. The molecule has 0 aromatic carbocycles. The van der Waals surface area contributed by atoms with Crippen LogP contribution in [-0.4, -0.2) is 31.1 Å². The molecule has 0 aromatic rings. The Morgan fingerprint density at radius 2 is 2.18 bits per heavy atom. The van der Waals surface area contributed by atoms with Crippen LogP contribution in [0.15, 0.2) is 12.8 Å². The minimum atomic E-state index is 0.504. The summed E-state index contributed by atoms with van der Waals surface area (Å²) < 4.78 is 0. The van der Waals surface area contributed by atoms with E-state index in [0.717, 1.165) is 25.9 Å². The molecule has 0 aliphatic carbocycles. The molecule has 0 atom stereocenters. The molecular weight excluding hydrogens is 140 g/mol. The molecule has 0 amide bonds. The maximum absolute atomic E-state index is 4.90. The molecule has 1 N–H and O–H groups in total. The quantitative estimate of drug-likeness (QED) is 0.482. The van der Waals surface area contributed by atoms with Crippen molar-refractivity contribution in [3.05, 3.63) is 12.8 Å². The van der Waals surface area contributed by atoms with Crippen molar-refractivity contribution in [1.29, 1.82) is 0 Å². The number of hydrogen-bond donors (Lipinski definition) is 1. The van der Waals surface area contributed by atoms with Gasteiger partial charge in [0, 0.05) is 6.04 Å². The minimum Gasteiger partial charge on any atom is -0.417 e. The van der Waals surface area contributed by atoms with Crippen LogP contribution in [0.4, 0.5) is 0 Å². The normalized spacial score (nSPS) is 21.5. The van der Waals surface area contributed by atoms with Gasteiger partial charge in [-0.25, -0.2) is 0 Å². The summed E-state index contributed by atoms with van der Waals surface area (Å²) in [6.45, 7) is 5.77. The Morgan fingerprint density at radius 3 is 2.73 bits per heavy atom. The number of likely N-dealkylation sites (tertiary alicyclic amines) is 1. The van der Waals surface area contributed by atoms with Gasteiger partial charge < -0.3 is 9.74 Å². The Balaban J connectivity index is 2.12. The lowest BCUT2D eigenvalue weighted by Gasteiger charge is -2.28. The molecule has 64 valence electrons. The molecule has 11 heavy (non-hydrogen) atoms. The first-order chi connectivity index (χ1) is 5.33. The molecule has 0 unspecified atom stereocenters. The average Bonchev–Trinajstić information content (AvgIpc) is 2.04. The summed E-state index contributed by atoms with van der Waals surface area (Å²) in [7, 11) is 2.14. The van der Waals surface area contributed by atoms with Gasteiger partial charge in [-0.05, 0) is 33.0 Å². The van der Waals surface area contributed by atoms with Crippen LogP contribution in [0.3, 0.4) is 0 Å². The molecule has 1 heterocycles. The van der Waals surface area contributed by atoms with Gasteiger partial charge in [-0.1, -0.05) is 6.58 Å². The summed E-state index contributed by atoms with van der Waals surface area (Å²) >= 11 is 0. The molecule has 3 heteroatoms. The highest BCUT2D eigenvalue weighted by Crippen LogP contribution is 2.07. The monoisotopic (exact) mass is 156 g/mol. The molecule has 1 rings (SSSR count). The molecular formula is C8H16N2O. The third-order valence-corrected chi connectivity index (χ3v) is 2.04. The average molecular weight is 156 g/mol. The molecule has 1 aliphatic rings. The van der Waals surface area contributed by atoms with Crippen molar-refractivity contribution in [3.63, 3.8) is 0 Å². The Kier molecular flexibility index (Phi) is 3.39. The van der Waals surface area contributed by atoms with Crippen LogP contribution in [0.25, 0.3) is 0 Å². The van der Waals surface area contributed by atoms with Crippen LogP contribution in [0.1, 0.15) is 12.8 Å². The van der Waals surface area contributed by atoms with E-state index in [9.17, 15) is 0 Å². The van der Waals surface area contributed by atoms with Crippen molar-refractivity contribution in [1.82, 2.24) is 10.4 Å². The fourth-order valence-corrected chi connectivity index (χ4v) is 1.27. The van der Waals surface area contributed by atoms with E-state index in [1.54, 1.807) is 0 Å². The fraction of sp³-hybridized carbons (Fsp3) is 0.750. The highest BCUT2D eigenvalue weighted by atomic mass is 16.6. The summed E-state index contributed by atoms with van der Waals surface area (Å²) in [5.41, 5.74) is 2.95. The van der Waals surface area contributed by atoms with E-state index >= 15 is 0 Å². The van der Waals surface area contributed by atoms with E-state index in [0.29, 0.717) is 6.04 Å². The second-order valence-electron chi connectivity index (χ2n) is 2.98. The van der Waals surface area contributed by atoms with Crippen molar-refractivity contribution in [3.8, 4) is 0 Å². The molecule has 1 aliphatic heterocycles. The van der Waals surface area contributed by atoms with Crippen molar-refractivity contribution in [2.75, 3.05) is 20.1 Å². The zero-order chi connectivity index (χ0) is 8.10. The number of nitrogens with one attached hydrogen (secondary N) is 1. The molecule has 0 aromatic heterocycles. The van der Waals surface area contributed by atoms with Gasteiger partial charge in [-0.3, -0.25) is 0 Å². The van der Waals surface area contributed by atoms with Crippen LogP contribution < -0.4 is 5.48 Å². The van der Waals surface area contributed by atoms with Crippen LogP contribution in [0, 0.1) is 0 Å². The van der Waals surface area contributed by atoms with Crippen molar-refractivity contribution in [2.24, 2.45) is 0 Å². The fourth-order valence-electron chi connectivity index (χ4n) is 1.27. The second kappa shape index (κ2) is 4.36. The third kappa shape index (κ3) is 2.91. The van der Waals surface area contributed by atoms with Crippen LogP contribution in [0.2, 0.25) is 0 Å². The van der Waals surface area contributed by atoms with E-state index < -0.39 is 0 Å². The van der Waals surface area contributed by atoms with Gasteiger partial charge >= 0.3 is 0 Å². The first-order valence-corrected chi connectivity index (χ1v) is 4.03. The molecule has 0 bridgehead atoms. The molecule has 0 radical (unpaired) electrons. The Morgan fingerprint density at radius 1 is 1.55 bits per heavy atom. The van der Waals surface area contributed by atoms with Gasteiger partial charge in [0.05, 0.1) is 0 Å². The zero-order valence-electron chi connectivity index (χ0n) is 7.05. The van der Waals surface area contributed by atoms with Gasteiger partial charge in [-0.2, -0.15) is 5.48 Å². The molecule has 1 saturated heterocycles. The van der Waals surface area contributed by atoms with Gasteiger partial charge in [0.25, 0.3) is 0 Å². The lowest BCUT2D eigenvalue weighted by atomic mass is 10.1. The van der Waals surface area contributed by atoms with Crippen molar-refractivity contribution >= 4 is 0 Å². The number of hydrogen-bond acceptors (Lipinski definition) is 3. The summed E-state index contributed by atoms with van der Waals surface area (Å²) in [6.07, 6.45) is 3.74. The molecule has 1 fully saturated rings. The third-order valence-electron chi connectivity index (χ3n) is 2.04. The summed E-state index contributed by atoms with van der Waals surface area (Å²) in [5, 5.41) is 0. The van der Waals surface area contributed by atoms with Crippen molar-refractivity contribution < 1.29 is 4.84 Å². The van der Waals surface area contributed by atoms with Gasteiger partial charge in [-0.15, -0.1) is 0 Å². The van der Waals surface area contributed by atoms with Gasteiger partial charge in [0.1, 0.15) is 6.26 Å². The Bertz CT molecular complexity index is 119. The SMILES string of the molecule is C=CONC1CCN(C)CC1. The minimum absolute atomic E-state index is 0.504. The van der Waals surface area contributed by atoms with E-state index in [4.69, 9.17) is 4.84 Å². The van der Waals surface area contributed by atoms with E-state index in [1.165, 1.54) is 6.26 Å². The highest BCUT2D eigenvalue weighted by molar-refractivity contribution is 4.72. The largest absolute Gasteiger partial charge is 0.417 e. The van der Waals surface area contributed by atoms with Gasteiger partial charge in [0.2, 0.25) is 0 Å². The standard InChI is InChI=1S/C8H16N2O/c1-3-11-9-8-4-6-10(2)7-5-8/h3,8-9H,1,4-7H2,2H3. The van der Waals surface area contributed by atoms with Gasteiger partial charge in [0.15, 0.2) is 0 Å². The van der Waals surface area contributed by atoms with E-state index in [1.807, 2.05) is 0 Å². The lowest BCUT2D eigenvalue weighted by molar-refractivity contribution is 0.0712. The predicted molar refractivity (Wildman–Crippen MR) is 44.9 cm³/mol. The second-order valence-corrected chi connectivity index (χ2v) is 2.98. The maximum Gasteiger partial charge on any atom is 0.104 e. The van der Waals surface area contributed by atoms with Crippen LogP contribution in [-0.2, 0) is 4.84 Å². The number of hydroxylamine groups is 1. The lowest BCUT2D eigenvalue weighted by Crippen LogP contribution is -2.40. The highest BCUT2D eigenvalue weighted by Gasteiger charge is 2.15. The number of piperidine rings is 1. The first kappa shape index (κ1) is 8.56. The maximum atomic E-state index is 4.90. The van der Waals surface area contributed by atoms with Crippen molar-refractivity contribution in [2.45, 2.75) is 18.9 Å². The van der Waals surface area contributed by atoms with Crippen LogP contribution in [0.5, 0.6) is 0 Å². The first-order valence-electron chi connectivity index (χ1n) is 4.03. The Labute approximate surface area is 68.0 Å². The summed E-state index contributed by atoms with van der Waals surface area (Å²) in [4.78, 5) is 7.23. The molecule has 0 saturated carbocycles. The van der Waals surface area contributed by atoms with E-state index in [-0.39, 0.29) is 0 Å². The van der Waals surface area contributed by atoms with Crippen LogP contribution >= 0.6 is 0 Å². The Hall–Kier alpha value is -0.540. The topological polar surface area (TPSA) is 24.5 Å². The predicted octanol–water partition coefficient (Wildman–Crippen LogP) is 0.745. The molecule has 0 spiro atoms. The summed E-state index contributed by atoms with van der Waals surface area (Å²) in [5.74, 6) is 0. The zero-order valence-corrected chi connectivity index (χ0v) is 7.05.